The summed E-state index contributed by atoms with van der Waals surface area (Å²) in [4.78, 5) is 4.21. The van der Waals surface area contributed by atoms with E-state index >= 15 is 0 Å². The zero-order valence-corrected chi connectivity index (χ0v) is 15.5. The highest BCUT2D eigenvalue weighted by Gasteiger charge is 2.32. The summed E-state index contributed by atoms with van der Waals surface area (Å²) < 4.78 is 41.0. The Morgan fingerprint density at radius 3 is 2.74 bits per heavy atom. The van der Waals surface area contributed by atoms with Gasteiger partial charge in [-0.2, -0.15) is 11.8 Å². The summed E-state index contributed by atoms with van der Waals surface area (Å²) in [5.41, 5.74) is 5.88. The molecule has 1 saturated heterocycles. The molecule has 1 aromatic rings. The predicted molar refractivity (Wildman–Crippen MR) is 98.7 cm³/mol. The molecule has 0 bridgehead atoms. The van der Waals surface area contributed by atoms with Gasteiger partial charge in [-0.3, -0.25) is 4.99 Å². The van der Waals surface area contributed by atoms with Crippen LogP contribution in [0.25, 0.3) is 0 Å². The van der Waals surface area contributed by atoms with Gasteiger partial charge in [0.25, 0.3) is 0 Å². The molecule has 1 aliphatic rings. The van der Waals surface area contributed by atoms with Crippen LogP contribution in [0.3, 0.4) is 0 Å². The van der Waals surface area contributed by atoms with E-state index in [1.807, 2.05) is 11.8 Å². The van der Waals surface area contributed by atoms with Crippen molar-refractivity contribution in [3.8, 4) is 5.75 Å². The van der Waals surface area contributed by atoms with Crippen LogP contribution in [0.4, 0.5) is 18.9 Å². The Balaban J connectivity index is 0.00000264. The van der Waals surface area contributed by atoms with Crippen molar-refractivity contribution in [1.82, 2.24) is 0 Å². The van der Waals surface area contributed by atoms with E-state index < -0.39 is 6.36 Å². The summed E-state index contributed by atoms with van der Waals surface area (Å²) in [5.74, 6) is 0.875. The van der Waals surface area contributed by atoms with E-state index in [0.29, 0.717) is 11.8 Å². The highest BCUT2D eigenvalue weighted by atomic mass is 127. The lowest BCUT2D eigenvalue weighted by molar-refractivity contribution is -0.274. The SMILES string of the molecule is I.NC(=NCC1CCCCS1)Nc1ccccc1OC(F)(F)F. The third-order valence-electron chi connectivity index (χ3n) is 3.11. The molecule has 1 unspecified atom stereocenters. The molecular weight excluding hydrogens is 442 g/mol. The molecule has 0 aliphatic carbocycles. The molecule has 3 N–H and O–H groups in total. The van der Waals surface area contributed by atoms with Crippen molar-refractivity contribution in [2.45, 2.75) is 30.9 Å². The number of anilines is 1. The third-order valence-corrected chi connectivity index (χ3v) is 4.50. The van der Waals surface area contributed by atoms with Crippen molar-refractivity contribution < 1.29 is 17.9 Å². The van der Waals surface area contributed by atoms with E-state index in [4.69, 9.17) is 5.73 Å². The van der Waals surface area contributed by atoms with E-state index in [2.05, 4.69) is 15.0 Å². The number of aliphatic imine (C=N–C) groups is 1. The summed E-state index contributed by atoms with van der Waals surface area (Å²) in [6, 6.07) is 5.73. The highest BCUT2D eigenvalue weighted by Crippen LogP contribution is 2.30. The molecule has 1 aromatic carbocycles. The number of para-hydroxylation sites is 2. The summed E-state index contributed by atoms with van der Waals surface area (Å²) >= 11 is 1.86. The van der Waals surface area contributed by atoms with Gasteiger partial charge in [0.15, 0.2) is 11.7 Å². The number of ether oxygens (including phenoxy) is 1. The highest BCUT2D eigenvalue weighted by molar-refractivity contribution is 14.0. The Bertz CT molecular complexity index is 522. The Hall–Kier alpha value is -0.840. The molecule has 130 valence electrons. The lowest BCUT2D eigenvalue weighted by Crippen LogP contribution is -2.26. The first-order chi connectivity index (χ1) is 10.4. The van der Waals surface area contributed by atoms with E-state index in [-0.39, 0.29) is 41.4 Å². The van der Waals surface area contributed by atoms with Crippen LogP contribution in [0, 0.1) is 0 Å². The van der Waals surface area contributed by atoms with Crippen LogP contribution in [0.5, 0.6) is 5.75 Å². The maximum Gasteiger partial charge on any atom is 0.573 e. The first-order valence-electron chi connectivity index (χ1n) is 6.97. The quantitative estimate of drug-likeness (QED) is 0.401. The van der Waals surface area contributed by atoms with Crippen LogP contribution in [-0.4, -0.2) is 29.9 Å². The largest absolute Gasteiger partial charge is 0.573 e. The molecule has 1 aliphatic heterocycles. The first-order valence-corrected chi connectivity index (χ1v) is 8.02. The van der Waals surface area contributed by atoms with Gasteiger partial charge in [-0.15, -0.1) is 37.1 Å². The molecule has 2 rings (SSSR count). The molecule has 4 nitrogen and oxygen atoms in total. The topological polar surface area (TPSA) is 59.6 Å². The molecule has 0 spiro atoms. The molecule has 1 heterocycles. The Kier molecular flexibility index (Phi) is 8.31. The molecule has 23 heavy (non-hydrogen) atoms. The van der Waals surface area contributed by atoms with Gasteiger partial charge in [-0.25, -0.2) is 0 Å². The van der Waals surface area contributed by atoms with Crippen molar-refractivity contribution in [3.63, 3.8) is 0 Å². The number of rotatable bonds is 4. The second kappa shape index (κ2) is 9.45. The van der Waals surface area contributed by atoms with Gasteiger partial charge in [-0.1, -0.05) is 18.6 Å². The van der Waals surface area contributed by atoms with Crippen molar-refractivity contribution in [1.29, 1.82) is 0 Å². The molecule has 9 heteroatoms. The molecule has 1 fully saturated rings. The standard InChI is InChI=1S/C14H18F3N3OS.HI/c15-14(16,17)21-12-7-2-1-6-11(12)20-13(18)19-9-10-5-3-4-8-22-10;/h1-2,6-7,10H,3-5,8-9H2,(H3,18,19,20);1H. The second-order valence-electron chi connectivity index (χ2n) is 4.88. The summed E-state index contributed by atoms with van der Waals surface area (Å²) in [5, 5.41) is 3.09. The molecule has 1 atom stereocenters. The fraction of sp³-hybridized carbons (Fsp3) is 0.500. The Labute approximate surface area is 154 Å². The van der Waals surface area contributed by atoms with Crippen LogP contribution < -0.4 is 15.8 Å². The van der Waals surface area contributed by atoms with Crippen molar-refractivity contribution >= 4 is 47.4 Å². The average Bonchev–Trinajstić information content (AvgIpc) is 2.47. The average molecular weight is 461 g/mol. The molecule has 0 aromatic heterocycles. The minimum absolute atomic E-state index is 0. The number of nitrogens with one attached hydrogen (secondary N) is 1. The number of thioether (sulfide) groups is 1. The van der Waals surface area contributed by atoms with Crippen LogP contribution in [0.2, 0.25) is 0 Å². The normalized spacial score (nSPS) is 18.9. The van der Waals surface area contributed by atoms with Gasteiger partial charge in [0.2, 0.25) is 0 Å². The van der Waals surface area contributed by atoms with Crippen molar-refractivity contribution in [2.24, 2.45) is 10.7 Å². The van der Waals surface area contributed by atoms with Crippen LogP contribution in [-0.2, 0) is 0 Å². The molecule has 0 saturated carbocycles. The van der Waals surface area contributed by atoms with Crippen LogP contribution in [0.15, 0.2) is 29.3 Å². The van der Waals surface area contributed by atoms with E-state index in [1.165, 1.54) is 31.0 Å². The van der Waals surface area contributed by atoms with Gasteiger partial charge in [0.1, 0.15) is 0 Å². The van der Waals surface area contributed by atoms with Gasteiger partial charge in [-0.05, 0) is 30.7 Å². The van der Waals surface area contributed by atoms with Gasteiger partial charge >= 0.3 is 6.36 Å². The minimum Gasteiger partial charge on any atom is -0.404 e. The first kappa shape index (κ1) is 20.2. The summed E-state index contributed by atoms with van der Waals surface area (Å²) in [6.07, 6.45) is -1.25. The number of halogens is 4. The maximum absolute atomic E-state index is 12.3. The monoisotopic (exact) mass is 461 g/mol. The second-order valence-corrected chi connectivity index (χ2v) is 6.29. The predicted octanol–water partition coefficient (Wildman–Crippen LogP) is 4.22. The summed E-state index contributed by atoms with van der Waals surface area (Å²) in [6.45, 7) is 0.561. The lowest BCUT2D eigenvalue weighted by Gasteiger charge is -2.19. The zero-order valence-electron chi connectivity index (χ0n) is 12.3. The number of nitrogens with two attached hydrogens (primary N) is 1. The van der Waals surface area contributed by atoms with Crippen LogP contribution in [0.1, 0.15) is 19.3 Å². The van der Waals surface area contributed by atoms with Crippen molar-refractivity contribution in [3.05, 3.63) is 24.3 Å². The van der Waals surface area contributed by atoms with E-state index in [0.717, 1.165) is 12.2 Å². The fourth-order valence-corrected chi connectivity index (χ4v) is 3.33. The fourth-order valence-electron chi connectivity index (χ4n) is 2.11. The van der Waals surface area contributed by atoms with Crippen LogP contribution >= 0.6 is 35.7 Å². The molecule has 0 amide bonds. The van der Waals surface area contributed by atoms with E-state index in [1.54, 1.807) is 6.07 Å². The number of nitrogens with zero attached hydrogens (tertiary/aromatic N) is 1. The smallest absolute Gasteiger partial charge is 0.404 e. The molecular formula is C14H19F3IN3OS. The van der Waals surface area contributed by atoms with Gasteiger partial charge < -0.3 is 15.8 Å². The number of alkyl halides is 3. The number of hydrogen-bond donors (Lipinski definition) is 2. The Morgan fingerprint density at radius 1 is 1.35 bits per heavy atom. The third kappa shape index (κ3) is 7.51. The van der Waals surface area contributed by atoms with E-state index in [9.17, 15) is 13.2 Å². The minimum atomic E-state index is -4.75. The van der Waals surface area contributed by atoms with Crippen molar-refractivity contribution in [2.75, 3.05) is 17.6 Å². The molecule has 0 radical (unpaired) electrons. The van der Waals surface area contributed by atoms with Gasteiger partial charge in [0, 0.05) is 5.25 Å². The number of benzene rings is 1. The van der Waals surface area contributed by atoms with Gasteiger partial charge in [0.05, 0.1) is 12.2 Å². The zero-order chi connectivity index (χ0) is 16.0. The lowest BCUT2D eigenvalue weighted by atomic mass is 10.2. The summed E-state index contributed by atoms with van der Waals surface area (Å²) in [7, 11) is 0. The Morgan fingerprint density at radius 2 is 2.09 bits per heavy atom. The maximum atomic E-state index is 12.3. The number of guanidine groups is 1. The number of hydrogen-bond acceptors (Lipinski definition) is 3.